The number of nitrogens with zero attached hydrogens (tertiary/aromatic N) is 1. The Morgan fingerprint density at radius 2 is 1.96 bits per heavy atom. The van der Waals surface area contributed by atoms with Gasteiger partial charge >= 0.3 is 6.09 Å². The molecule has 0 radical (unpaired) electrons. The topological polar surface area (TPSA) is 58.4 Å². The van der Waals surface area contributed by atoms with Crippen molar-refractivity contribution < 1.29 is 14.3 Å². The molecule has 1 N–H and O–H groups in total. The Morgan fingerprint density at radius 1 is 1.29 bits per heavy atom. The molecule has 1 aromatic carbocycles. The van der Waals surface area contributed by atoms with Gasteiger partial charge in [-0.1, -0.05) is 36.4 Å². The van der Waals surface area contributed by atoms with E-state index in [1.165, 1.54) is 5.56 Å². The summed E-state index contributed by atoms with van der Waals surface area (Å²) < 4.78 is 5.13. The highest BCUT2D eigenvalue weighted by molar-refractivity contribution is 5.85. The SMILES string of the molecule is C=C[C@@H]1[C@H](CCc2ccccc2)N1C(=O)CNC(=O)OC(C)(C)C. The third kappa shape index (κ3) is 5.11. The molecule has 1 heterocycles. The van der Waals surface area contributed by atoms with Gasteiger partial charge in [-0.05, 0) is 39.2 Å². The van der Waals surface area contributed by atoms with Gasteiger partial charge in [0, 0.05) is 0 Å². The van der Waals surface area contributed by atoms with Gasteiger partial charge in [0.2, 0.25) is 5.91 Å². The number of rotatable bonds is 6. The molecule has 0 bridgehead atoms. The molecule has 0 aromatic heterocycles. The average Bonchev–Trinajstić information content (AvgIpc) is 3.23. The maximum Gasteiger partial charge on any atom is 0.408 e. The average molecular weight is 330 g/mol. The van der Waals surface area contributed by atoms with Crippen molar-refractivity contribution in [1.29, 1.82) is 0 Å². The van der Waals surface area contributed by atoms with Gasteiger partial charge < -0.3 is 15.0 Å². The van der Waals surface area contributed by atoms with E-state index in [2.05, 4.69) is 24.0 Å². The number of hydrogen-bond donors (Lipinski definition) is 1. The molecule has 24 heavy (non-hydrogen) atoms. The number of alkyl carbamates (subject to hydrolysis) is 1. The predicted octanol–water partition coefficient (Wildman–Crippen LogP) is 2.91. The Bertz CT molecular complexity index is 592. The van der Waals surface area contributed by atoms with Gasteiger partial charge in [0.25, 0.3) is 0 Å². The Hall–Kier alpha value is -2.30. The molecule has 1 aliphatic heterocycles. The van der Waals surface area contributed by atoms with E-state index in [4.69, 9.17) is 4.74 Å². The molecule has 130 valence electrons. The molecule has 1 saturated heterocycles. The van der Waals surface area contributed by atoms with Gasteiger partial charge in [-0.3, -0.25) is 4.79 Å². The van der Waals surface area contributed by atoms with E-state index in [-0.39, 0.29) is 24.5 Å². The second kappa shape index (κ2) is 7.51. The van der Waals surface area contributed by atoms with Crippen LogP contribution in [0.4, 0.5) is 4.79 Å². The van der Waals surface area contributed by atoms with Crippen molar-refractivity contribution >= 4 is 12.0 Å². The first kappa shape index (κ1) is 18.0. The fourth-order valence-electron chi connectivity index (χ4n) is 2.74. The van der Waals surface area contributed by atoms with E-state index in [0.717, 1.165) is 12.8 Å². The smallest absolute Gasteiger partial charge is 0.408 e. The molecule has 1 aromatic rings. The Kier molecular flexibility index (Phi) is 5.65. The molecule has 0 aliphatic carbocycles. The Morgan fingerprint density at radius 3 is 2.54 bits per heavy atom. The van der Waals surface area contributed by atoms with Crippen LogP contribution in [-0.4, -0.2) is 41.1 Å². The van der Waals surface area contributed by atoms with Crippen molar-refractivity contribution in [3.8, 4) is 0 Å². The maximum absolute atomic E-state index is 12.3. The van der Waals surface area contributed by atoms with E-state index in [9.17, 15) is 9.59 Å². The molecule has 2 atom stereocenters. The highest BCUT2D eigenvalue weighted by atomic mass is 16.6. The van der Waals surface area contributed by atoms with Crippen LogP contribution in [0.1, 0.15) is 32.8 Å². The van der Waals surface area contributed by atoms with E-state index in [1.54, 1.807) is 31.7 Å². The lowest BCUT2D eigenvalue weighted by Gasteiger charge is -2.19. The van der Waals surface area contributed by atoms with Crippen LogP contribution in [0.2, 0.25) is 0 Å². The Labute approximate surface area is 143 Å². The minimum absolute atomic E-state index is 0.0545. The number of amides is 2. The van der Waals surface area contributed by atoms with Crippen LogP contribution in [0.15, 0.2) is 43.0 Å². The first-order chi connectivity index (χ1) is 11.3. The molecular weight excluding hydrogens is 304 g/mol. The molecule has 2 rings (SSSR count). The highest BCUT2D eigenvalue weighted by Crippen LogP contribution is 2.33. The van der Waals surface area contributed by atoms with E-state index >= 15 is 0 Å². The fourth-order valence-corrected chi connectivity index (χ4v) is 2.74. The summed E-state index contributed by atoms with van der Waals surface area (Å²) in [5, 5.41) is 2.51. The normalized spacial score (nSPS) is 19.5. The fraction of sp³-hybridized carbons (Fsp3) is 0.474. The summed E-state index contributed by atoms with van der Waals surface area (Å²) in [4.78, 5) is 25.7. The lowest BCUT2D eigenvalue weighted by atomic mass is 10.1. The third-order valence-electron chi connectivity index (χ3n) is 3.87. The highest BCUT2D eigenvalue weighted by Gasteiger charge is 2.47. The van der Waals surface area contributed by atoms with Crippen molar-refractivity contribution in [2.75, 3.05) is 6.54 Å². The van der Waals surface area contributed by atoms with Crippen molar-refractivity contribution in [3.63, 3.8) is 0 Å². The molecule has 2 amide bonds. The van der Waals surface area contributed by atoms with Gasteiger partial charge in [-0.2, -0.15) is 0 Å². The number of carbonyl (C=O) groups excluding carboxylic acids is 2. The van der Waals surface area contributed by atoms with Gasteiger partial charge in [-0.25, -0.2) is 4.79 Å². The molecule has 1 fully saturated rings. The maximum atomic E-state index is 12.3. The second-order valence-corrected chi connectivity index (χ2v) is 6.97. The van der Waals surface area contributed by atoms with Gasteiger partial charge in [-0.15, -0.1) is 6.58 Å². The summed E-state index contributed by atoms with van der Waals surface area (Å²) in [6.45, 7) is 9.10. The first-order valence-electron chi connectivity index (χ1n) is 8.26. The zero-order valence-corrected chi connectivity index (χ0v) is 14.6. The van der Waals surface area contributed by atoms with Crippen LogP contribution < -0.4 is 5.32 Å². The Balaban J connectivity index is 1.79. The summed E-state index contributed by atoms with van der Waals surface area (Å²) in [6, 6.07) is 10.4. The number of hydrogen-bond acceptors (Lipinski definition) is 3. The lowest BCUT2D eigenvalue weighted by molar-refractivity contribution is -0.125. The molecule has 5 nitrogen and oxygen atoms in total. The van der Waals surface area contributed by atoms with E-state index in [1.807, 2.05) is 18.2 Å². The zero-order chi connectivity index (χ0) is 17.7. The van der Waals surface area contributed by atoms with Crippen molar-refractivity contribution in [2.24, 2.45) is 0 Å². The molecule has 0 spiro atoms. The largest absolute Gasteiger partial charge is 0.444 e. The van der Waals surface area contributed by atoms with Crippen LogP contribution in [0.3, 0.4) is 0 Å². The zero-order valence-electron chi connectivity index (χ0n) is 14.6. The van der Waals surface area contributed by atoms with Gasteiger partial charge in [0.1, 0.15) is 12.1 Å². The molecular formula is C19H26N2O3. The first-order valence-corrected chi connectivity index (χ1v) is 8.26. The number of ether oxygens (including phenoxy) is 1. The summed E-state index contributed by atoms with van der Waals surface area (Å²) in [5.74, 6) is -0.108. The number of nitrogens with one attached hydrogen (secondary N) is 1. The molecule has 0 unspecified atom stereocenters. The van der Waals surface area contributed by atoms with Crippen LogP contribution in [-0.2, 0) is 16.0 Å². The summed E-state index contributed by atoms with van der Waals surface area (Å²) in [6.07, 6.45) is 3.02. The van der Waals surface area contributed by atoms with E-state index in [0.29, 0.717) is 0 Å². The van der Waals surface area contributed by atoms with Crippen LogP contribution in [0, 0.1) is 0 Å². The summed E-state index contributed by atoms with van der Waals surface area (Å²) >= 11 is 0. The van der Waals surface area contributed by atoms with Crippen molar-refractivity contribution in [2.45, 2.75) is 51.3 Å². The molecule has 5 heteroatoms. The third-order valence-corrected chi connectivity index (χ3v) is 3.87. The van der Waals surface area contributed by atoms with Crippen molar-refractivity contribution in [3.05, 3.63) is 48.6 Å². The van der Waals surface area contributed by atoms with Crippen LogP contribution >= 0.6 is 0 Å². The quantitative estimate of drug-likeness (QED) is 0.644. The number of aryl methyl sites for hydroxylation is 1. The lowest BCUT2D eigenvalue weighted by Crippen LogP contribution is -2.37. The molecule has 1 aliphatic rings. The molecule has 0 saturated carbocycles. The summed E-state index contributed by atoms with van der Waals surface area (Å²) in [7, 11) is 0. The monoisotopic (exact) mass is 330 g/mol. The van der Waals surface area contributed by atoms with Crippen molar-refractivity contribution in [1.82, 2.24) is 10.2 Å². The van der Waals surface area contributed by atoms with Crippen LogP contribution in [0.5, 0.6) is 0 Å². The second-order valence-electron chi connectivity index (χ2n) is 6.97. The number of benzene rings is 1. The van der Waals surface area contributed by atoms with E-state index < -0.39 is 11.7 Å². The standard InChI is InChI=1S/C19H26N2O3/c1-5-15-16(12-11-14-9-7-6-8-10-14)21(15)17(22)13-20-18(23)24-19(2,3)4/h5-10,15-16H,1,11-13H2,2-4H3,(H,20,23)/t15-,16+,21?/m1/s1. The minimum Gasteiger partial charge on any atom is -0.444 e. The van der Waals surface area contributed by atoms with Crippen LogP contribution in [0.25, 0.3) is 0 Å². The predicted molar refractivity (Wildman–Crippen MR) is 93.6 cm³/mol. The minimum atomic E-state index is -0.575. The summed E-state index contributed by atoms with van der Waals surface area (Å²) in [5.41, 5.74) is 0.681. The van der Waals surface area contributed by atoms with Gasteiger partial charge in [0.05, 0.1) is 12.1 Å². The number of carbonyl (C=O) groups is 2. The van der Waals surface area contributed by atoms with Gasteiger partial charge in [0.15, 0.2) is 0 Å².